The van der Waals surface area contributed by atoms with Gasteiger partial charge >= 0.3 is 0 Å². The molecule has 7 rings (SSSR count). The second-order valence-corrected chi connectivity index (χ2v) is 10.9. The highest BCUT2D eigenvalue weighted by Crippen LogP contribution is 2.38. The van der Waals surface area contributed by atoms with E-state index in [-0.39, 0.29) is 5.57 Å². The van der Waals surface area contributed by atoms with Crippen LogP contribution in [0.25, 0.3) is 27.7 Å². The molecule has 8 nitrogen and oxygen atoms in total. The molecule has 0 radical (unpaired) electrons. The molecule has 0 unspecified atom stereocenters. The van der Waals surface area contributed by atoms with Gasteiger partial charge in [-0.2, -0.15) is 10.5 Å². The SMILES string of the molecule is COc1ccc(N=C2c3ccccc3/C(=c3\c4ccccc4c(=C(C#N)C#N)n3-c3ccc(OC)cc3)N2c2ccc(OC)cc2)cc1. The summed E-state index contributed by atoms with van der Waals surface area (Å²) in [7, 11) is 4.90. The summed E-state index contributed by atoms with van der Waals surface area (Å²) in [6.07, 6.45) is 0. The van der Waals surface area contributed by atoms with Crippen molar-refractivity contribution < 1.29 is 14.2 Å². The van der Waals surface area contributed by atoms with Gasteiger partial charge in [-0.15, -0.1) is 0 Å². The first-order valence-electron chi connectivity index (χ1n) is 15.2. The number of aromatic nitrogens is 1. The molecule has 2 heterocycles. The minimum Gasteiger partial charge on any atom is -0.497 e. The number of amidine groups is 1. The fourth-order valence-corrected chi connectivity index (χ4v) is 6.19. The Morgan fingerprint density at radius 1 is 0.583 bits per heavy atom. The second kappa shape index (κ2) is 12.6. The Hall–Kier alpha value is -6.77. The molecule has 0 spiro atoms. The number of aliphatic imine (C=N–C) groups is 1. The third-order valence-corrected chi connectivity index (χ3v) is 8.40. The summed E-state index contributed by atoms with van der Waals surface area (Å²) in [6.45, 7) is 0. The number of methoxy groups -OCH3 is 3. The first kappa shape index (κ1) is 29.9. The van der Waals surface area contributed by atoms with Crippen molar-refractivity contribution in [3.8, 4) is 35.1 Å². The number of ether oxygens (including phenoxy) is 3. The number of nitriles is 2. The summed E-state index contributed by atoms with van der Waals surface area (Å²) in [5.74, 6) is 2.87. The quantitative estimate of drug-likeness (QED) is 0.206. The van der Waals surface area contributed by atoms with Crippen molar-refractivity contribution in [2.75, 3.05) is 26.2 Å². The zero-order valence-corrected chi connectivity index (χ0v) is 26.5. The molecule has 6 aromatic rings. The molecular formula is C40H29N5O3. The molecule has 0 fully saturated rings. The normalized spacial score (nSPS) is 13.9. The zero-order valence-electron chi connectivity index (χ0n) is 26.5. The van der Waals surface area contributed by atoms with Gasteiger partial charge in [-0.25, -0.2) is 4.99 Å². The van der Waals surface area contributed by atoms with E-state index in [9.17, 15) is 10.5 Å². The van der Waals surface area contributed by atoms with Crippen LogP contribution in [-0.4, -0.2) is 31.7 Å². The highest BCUT2D eigenvalue weighted by atomic mass is 16.5. The average molecular weight is 628 g/mol. The van der Waals surface area contributed by atoms with Crippen molar-refractivity contribution in [3.05, 3.63) is 143 Å². The van der Waals surface area contributed by atoms with Gasteiger partial charge in [-0.1, -0.05) is 48.5 Å². The van der Waals surface area contributed by atoms with E-state index in [1.807, 2.05) is 114 Å². The van der Waals surface area contributed by atoms with Crippen LogP contribution in [0.15, 0.2) is 126 Å². The number of rotatable bonds is 6. The van der Waals surface area contributed by atoms with Crippen molar-refractivity contribution in [3.63, 3.8) is 0 Å². The molecule has 1 aliphatic rings. The Bertz CT molecular complexity index is 2400. The lowest BCUT2D eigenvalue weighted by atomic mass is 10.1. The Balaban J connectivity index is 1.70. The Labute approximate surface area is 277 Å². The lowest BCUT2D eigenvalue weighted by Gasteiger charge is -2.23. The van der Waals surface area contributed by atoms with Gasteiger partial charge < -0.3 is 18.8 Å². The molecule has 1 aromatic heterocycles. The van der Waals surface area contributed by atoms with Crippen molar-refractivity contribution in [1.82, 2.24) is 4.57 Å². The Morgan fingerprint density at radius 2 is 1.08 bits per heavy atom. The van der Waals surface area contributed by atoms with E-state index in [0.717, 1.165) is 61.5 Å². The van der Waals surface area contributed by atoms with Crippen LogP contribution in [-0.2, 0) is 0 Å². The van der Waals surface area contributed by atoms with Gasteiger partial charge in [0, 0.05) is 33.3 Å². The van der Waals surface area contributed by atoms with E-state index >= 15 is 0 Å². The van der Waals surface area contributed by atoms with Gasteiger partial charge in [0.15, 0.2) is 5.57 Å². The van der Waals surface area contributed by atoms with Gasteiger partial charge in [0.25, 0.3) is 0 Å². The summed E-state index contributed by atoms with van der Waals surface area (Å²) in [5, 5.41) is 23.5. The fraction of sp³-hybridized carbons (Fsp3) is 0.0750. The third-order valence-electron chi connectivity index (χ3n) is 8.40. The maximum absolute atomic E-state index is 10.2. The van der Waals surface area contributed by atoms with Crippen LogP contribution in [0.1, 0.15) is 11.1 Å². The molecule has 232 valence electrons. The summed E-state index contributed by atoms with van der Waals surface area (Å²) >= 11 is 0. The van der Waals surface area contributed by atoms with Crippen LogP contribution in [0.2, 0.25) is 0 Å². The molecule has 0 N–H and O–H groups in total. The zero-order chi connectivity index (χ0) is 33.2. The van der Waals surface area contributed by atoms with E-state index < -0.39 is 0 Å². The predicted molar refractivity (Wildman–Crippen MR) is 187 cm³/mol. The van der Waals surface area contributed by atoms with Crippen LogP contribution < -0.4 is 29.8 Å². The number of benzene rings is 5. The van der Waals surface area contributed by atoms with E-state index in [2.05, 4.69) is 29.2 Å². The monoisotopic (exact) mass is 627 g/mol. The van der Waals surface area contributed by atoms with Gasteiger partial charge in [0.2, 0.25) is 0 Å². The summed E-state index contributed by atoms with van der Waals surface area (Å²) in [4.78, 5) is 7.37. The smallest absolute Gasteiger partial charge is 0.154 e. The molecule has 8 heteroatoms. The summed E-state index contributed by atoms with van der Waals surface area (Å²) in [5.41, 5.74) is 5.09. The molecule has 5 aromatic carbocycles. The number of hydrogen-bond donors (Lipinski definition) is 0. The van der Waals surface area contributed by atoms with Crippen LogP contribution in [0.4, 0.5) is 11.4 Å². The van der Waals surface area contributed by atoms with E-state index in [0.29, 0.717) is 16.9 Å². The van der Waals surface area contributed by atoms with E-state index in [4.69, 9.17) is 19.2 Å². The highest BCUT2D eigenvalue weighted by molar-refractivity contribution is 6.25. The van der Waals surface area contributed by atoms with Crippen LogP contribution in [0, 0.1) is 22.7 Å². The number of fused-ring (bicyclic) bond motifs is 2. The molecule has 0 atom stereocenters. The highest BCUT2D eigenvalue weighted by Gasteiger charge is 2.34. The number of anilines is 1. The van der Waals surface area contributed by atoms with Crippen LogP contribution in [0.3, 0.4) is 0 Å². The first-order chi connectivity index (χ1) is 23.6. The maximum atomic E-state index is 10.2. The van der Waals surface area contributed by atoms with Gasteiger partial charge in [0.05, 0.1) is 43.4 Å². The van der Waals surface area contributed by atoms with Gasteiger partial charge in [0.1, 0.15) is 35.2 Å². The van der Waals surface area contributed by atoms with E-state index in [1.54, 1.807) is 21.3 Å². The molecule has 0 bridgehead atoms. The lowest BCUT2D eigenvalue weighted by Crippen LogP contribution is -2.34. The molecule has 48 heavy (non-hydrogen) atoms. The number of nitrogens with zero attached hydrogens (tertiary/aromatic N) is 5. The van der Waals surface area contributed by atoms with Crippen LogP contribution in [0.5, 0.6) is 17.2 Å². The fourth-order valence-electron chi connectivity index (χ4n) is 6.19. The van der Waals surface area contributed by atoms with Gasteiger partial charge in [-0.05, 0) is 72.8 Å². The van der Waals surface area contributed by atoms with Crippen molar-refractivity contribution in [2.24, 2.45) is 4.99 Å². The van der Waals surface area contributed by atoms with Crippen LogP contribution >= 0.6 is 0 Å². The third kappa shape index (κ3) is 4.99. The largest absolute Gasteiger partial charge is 0.497 e. The Kier molecular flexibility index (Phi) is 7.82. The minimum absolute atomic E-state index is 0.00303. The second-order valence-electron chi connectivity index (χ2n) is 10.9. The van der Waals surface area contributed by atoms with E-state index in [1.165, 1.54) is 0 Å². The minimum atomic E-state index is 0.00303. The molecule has 0 amide bonds. The van der Waals surface area contributed by atoms with Crippen molar-refractivity contribution >= 4 is 39.3 Å². The lowest BCUT2D eigenvalue weighted by molar-refractivity contribution is 0.414. The average Bonchev–Trinajstić information content (AvgIpc) is 3.65. The maximum Gasteiger partial charge on any atom is 0.154 e. The van der Waals surface area contributed by atoms with Crippen molar-refractivity contribution in [1.29, 1.82) is 10.5 Å². The molecule has 0 saturated carbocycles. The first-order valence-corrected chi connectivity index (χ1v) is 15.2. The molecule has 1 aliphatic heterocycles. The standard InChI is InChI=1S/C40H29N5O3/c1-46-30-18-12-27(13-19-30)43-40-36-11-7-6-10-35(36)39(45(40)29-16-22-32(48-3)23-17-29)38-34-9-5-4-8-33(34)37(26(24-41)25-42)44(38)28-14-20-31(47-2)21-15-28/h4-23H,1-3H3/b39-38-,43-40?. The molecule has 0 aliphatic carbocycles. The summed E-state index contributed by atoms with van der Waals surface area (Å²) < 4.78 is 18.4. The predicted octanol–water partition coefficient (Wildman–Crippen LogP) is 6.61. The molecule has 0 saturated heterocycles. The van der Waals surface area contributed by atoms with Gasteiger partial charge in [-0.3, -0.25) is 4.90 Å². The molecular weight excluding hydrogens is 598 g/mol. The summed E-state index contributed by atoms with van der Waals surface area (Å²) in [6, 6.07) is 43.4. The topological polar surface area (TPSA) is 95.8 Å². The number of hydrogen-bond acceptors (Lipinski definition) is 6. The van der Waals surface area contributed by atoms with Crippen molar-refractivity contribution in [2.45, 2.75) is 0 Å². The Morgan fingerprint density at radius 3 is 1.65 bits per heavy atom.